The van der Waals surface area contributed by atoms with Gasteiger partial charge in [-0.2, -0.15) is 0 Å². The van der Waals surface area contributed by atoms with Crippen LogP contribution in [-0.2, 0) is 12.1 Å². The minimum Gasteiger partial charge on any atom is -0.466 e. The second-order valence-corrected chi connectivity index (χ2v) is 6.16. The van der Waals surface area contributed by atoms with E-state index in [1.165, 1.54) is 6.26 Å². The zero-order chi connectivity index (χ0) is 17.0. The first-order valence-electron chi connectivity index (χ1n) is 7.55. The lowest BCUT2D eigenvalue weighted by Crippen LogP contribution is -2.34. The maximum Gasteiger partial charge on any atom is 0.273 e. The fraction of sp³-hybridized carbons (Fsp3) is 0.412. The molecule has 1 atom stereocenters. The molecule has 6 nitrogen and oxygen atoms in total. The van der Waals surface area contributed by atoms with Crippen molar-refractivity contribution in [1.29, 1.82) is 0 Å². The maximum absolute atomic E-state index is 11.2. The Bertz CT molecular complexity index is 663. The van der Waals surface area contributed by atoms with Gasteiger partial charge in [0.25, 0.3) is 5.69 Å². The number of nitro benzene ring substituents is 1. The van der Waals surface area contributed by atoms with Crippen LogP contribution in [-0.4, -0.2) is 16.6 Å². The van der Waals surface area contributed by atoms with Gasteiger partial charge in [-0.15, -0.1) is 0 Å². The van der Waals surface area contributed by atoms with Gasteiger partial charge in [-0.3, -0.25) is 10.1 Å². The van der Waals surface area contributed by atoms with Crippen LogP contribution in [0.15, 0.2) is 41.0 Å². The van der Waals surface area contributed by atoms with Gasteiger partial charge in [0.15, 0.2) is 0 Å². The Morgan fingerprint density at radius 2 is 2.13 bits per heavy atom. The van der Waals surface area contributed by atoms with E-state index in [9.17, 15) is 15.2 Å². The van der Waals surface area contributed by atoms with Crippen molar-refractivity contribution in [3.63, 3.8) is 0 Å². The Morgan fingerprint density at radius 3 is 2.70 bits per heavy atom. The fourth-order valence-corrected chi connectivity index (χ4v) is 2.47. The number of aliphatic hydroxyl groups is 1. The molecule has 0 saturated carbocycles. The lowest BCUT2D eigenvalue weighted by atomic mass is 9.99. The van der Waals surface area contributed by atoms with E-state index >= 15 is 0 Å². The molecule has 0 fully saturated rings. The van der Waals surface area contributed by atoms with Crippen molar-refractivity contribution >= 4 is 5.69 Å². The number of nitrogens with one attached hydrogen (secondary N) is 1. The molecule has 1 heterocycles. The third-order valence-corrected chi connectivity index (χ3v) is 3.76. The zero-order valence-corrected chi connectivity index (χ0v) is 13.6. The summed E-state index contributed by atoms with van der Waals surface area (Å²) in [5.41, 5.74) is 0.530. The molecule has 0 spiro atoms. The third kappa shape index (κ3) is 4.18. The largest absolute Gasteiger partial charge is 0.466 e. The molecule has 124 valence electrons. The molecular formula is C17H22N2O4. The summed E-state index contributed by atoms with van der Waals surface area (Å²) >= 11 is 0. The highest BCUT2D eigenvalue weighted by molar-refractivity contribution is 5.45. The van der Waals surface area contributed by atoms with Gasteiger partial charge in [0.05, 0.1) is 11.2 Å². The van der Waals surface area contributed by atoms with Gasteiger partial charge in [-0.25, -0.2) is 0 Å². The van der Waals surface area contributed by atoms with Crippen LogP contribution in [0.4, 0.5) is 5.69 Å². The first-order valence-corrected chi connectivity index (χ1v) is 7.55. The summed E-state index contributed by atoms with van der Waals surface area (Å²) in [7, 11) is 0. The van der Waals surface area contributed by atoms with Crippen molar-refractivity contribution < 1.29 is 14.4 Å². The molecule has 2 aromatic rings. The van der Waals surface area contributed by atoms with Gasteiger partial charge in [0.1, 0.15) is 11.4 Å². The highest BCUT2D eigenvalue weighted by Gasteiger charge is 2.25. The van der Waals surface area contributed by atoms with Gasteiger partial charge < -0.3 is 14.8 Å². The van der Waals surface area contributed by atoms with E-state index in [0.717, 1.165) is 11.1 Å². The monoisotopic (exact) mass is 318 g/mol. The summed E-state index contributed by atoms with van der Waals surface area (Å²) < 4.78 is 5.21. The summed E-state index contributed by atoms with van der Waals surface area (Å²) in [6, 6.07) is 8.69. The van der Waals surface area contributed by atoms with Crippen molar-refractivity contribution in [1.82, 2.24) is 5.32 Å². The molecule has 1 aromatic heterocycles. The maximum atomic E-state index is 11.2. The number of furan rings is 1. The standard InChI is InChI=1S/C17H22N2O4/c1-12(2)14-7-6-13(9-15(14)19(21)22)10-18-11-17(3,20)16-5-4-8-23-16/h4-9,12,18,20H,10-11H2,1-3H3. The predicted octanol–water partition coefficient (Wildman–Crippen LogP) is 3.31. The number of nitrogens with zero attached hydrogens (tertiary/aromatic N) is 1. The average molecular weight is 318 g/mol. The number of hydrogen-bond acceptors (Lipinski definition) is 5. The van der Waals surface area contributed by atoms with Crippen LogP contribution in [0, 0.1) is 10.1 Å². The Kier molecular flexibility index (Phi) is 5.18. The normalized spacial score (nSPS) is 14.0. The van der Waals surface area contributed by atoms with E-state index in [1.54, 1.807) is 31.2 Å². The van der Waals surface area contributed by atoms with Gasteiger partial charge in [0, 0.05) is 24.7 Å². The minimum absolute atomic E-state index is 0.0945. The van der Waals surface area contributed by atoms with E-state index in [4.69, 9.17) is 4.42 Å². The number of nitro groups is 1. The van der Waals surface area contributed by atoms with Crippen LogP contribution in [0.25, 0.3) is 0 Å². The van der Waals surface area contributed by atoms with Crippen LogP contribution in [0.2, 0.25) is 0 Å². The van der Waals surface area contributed by atoms with Crippen LogP contribution < -0.4 is 5.32 Å². The molecule has 0 radical (unpaired) electrons. The van der Waals surface area contributed by atoms with Crippen LogP contribution >= 0.6 is 0 Å². The smallest absolute Gasteiger partial charge is 0.273 e. The molecule has 23 heavy (non-hydrogen) atoms. The van der Waals surface area contributed by atoms with Crippen molar-refractivity contribution in [2.75, 3.05) is 6.54 Å². The van der Waals surface area contributed by atoms with Gasteiger partial charge in [-0.05, 0) is 30.5 Å². The zero-order valence-electron chi connectivity index (χ0n) is 13.6. The van der Waals surface area contributed by atoms with Crippen molar-refractivity contribution in [3.05, 3.63) is 63.6 Å². The number of benzene rings is 1. The number of rotatable bonds is 7. The summed E-state index contributed by atoms with van der Waals surface area (Å²) in [5, 5.41) is 24.7. The molecule has 0 aliphatic heterocycles. The van der Waals surface area contributed by atoms with E-state index in [1.807, 2.05) is 19.9 Å². The second kappa shape index (κ2) is 6.93. The molecule has 1 aromatic carbocycles. The van der Waals surface area contributed by atoms with Crippen molar-refractivity contribution in [2.24, 2.45) is 0 Å². The van der Waals surface area contributed by atoms with Gasteiger partial charge in [-0.1, -0.05) is 26.0 Å². The van der Waals surface area contributed by atoms with E-state index in [-0.39, 0.29) is 23.1 Å². The van der Waals surface area contributed by atoms with Crippen molar-refractivity contribution in [3.8, 4) is 0 Å². The second-order valence-electron chi connectivity index (χ2n) is 6.16. The van der Waals surface area contributed by atoms with E-state index < -0.39 is 5.60 Å². The minimum atomic E-state index is -1.13. The van der Waals surface area contributed by atoms with E-state index in [2.05, 4.69) is 5.32 Å². The van der Waals surface area contributed by atoms with E-state index in [0.29, 0.717) is 12.3 Å². The SMILES string of the molecule is CC(C)c1ccc(CNCC(C)(O)c2ccco2)cc1[N+](=O)[O-]. The summed E-state index contributed by atoms with van der Waals surface area (Å²) in [4.78, 5) is 10.9. The Morgan fingerprint density at radius 1 is 1.39 bits per heavy atom. The lowest BCUT2D eigenvalue weighted by molar-refractivity contribution is -0.385. The first-order chi connectivity index (χ1) is 10.8. The third-order valence-electron chi connectivity index (χ3n) is 3.76. The molecule has 0 bridgehead atoms. The topological polar surface area (TPSA) is 88.5 Å². The first kappa shape index (κ1) is 17.2. The molecule has 1 unspecified atom stereocenters. The highest BCUT2D eigenvalue weighted by Crippen LogP contribution is 2.27. The van der Waals surface area contributed by atoms with Crippen LogP contribution in [0.3, 0.4) is 0 Å². The van der Waals surface area contributed by atoms with Gasteiger partial charge in [0.2, 0.25) is 0 Å². The summed E-state index contributed by atoms with van der Waals surface area (Å²) in [5.74, 6) is 0.572. The number of hydrogen-bond donors (Lipinski definition) is 2. The fourth-order valence-electron chi connectivity index (χ4n) is 2.47. The van der Waals surface area contributed by atoms with Crippen LogP contribution in [0.5, 0.6) is 0 Å². The lowest BCUT2D eigenvalue weighted by Gasteiger charge is -2.21. The quantitative estimate of drug-likeness (QED) is 0.604. The average Bonchev–Trinajstić information content (AvgIpc) is 3.01. The molecule has 0 saturated heterocycles. The molecular weight excluding hydrogens is 296 g/mol. The molecule has 6 heteroatoms. The molecule has 0 amide bonds. The Labute approximate surface area is 135 Å². The van der Waals surface area contributed by atoms with Crippen LogP contribution in [0.1, 0.15) is 43.6 Å². The Balaban J connectivity index is 2.04. The predicted molar refractivity (Wildman–Crippen MR) is 87.2 cm³/mol. The summed E-state index contributed by atoms with van der Waals surface area (Å²) in [6.45, 7) is 6.22. The Hall–Kier alpha value is -2.18. The highest BCUT2D eigenvalue weighted by atomic mass is 16.6. The molecule has 0 aliphatic rings. The van der Waals surface area contributed by atoms with Crippen molar-refractivity contribution in [2.45, 2.75) is 38.8 Å². The van der Waals surface area contributed by atoms with Gasteiger partial charge >= 0.3 is 0 Å². The molecule has 2 rings (SSSR count). The summed E-state index contributed by atoms with van der Waals surface area (Å²) in [6.07, 6.45) is 1.51. The molecule has 2 N–H and O–H groups in total. The molecule has 0 aliphatic carbocycles.